The maximum Gasteiger partial charge on any atom is 0.182 e. The minimum absolute atomic E-state index is 0.0429. The number of benzene rings is 1. The van der Waals surface area contributed by atoms with Gasteiger partial charge >= 0.3 is 0 Å². The number of nitrogens with zero attached hydrogens (tertiary/aromatic N) is 5. The van der Waals surface area contributed by atoms with Crippen LogP contribution in [0.3, 0.4) is 0 Å². The highest BCUT2D eigenvalue weighted by atomic mass is 19.2. The first kappa shape index (κ1) is 17.2. The summed E-state index contributed by atoms with van der Waals surface area (Å²) in [5.74, 6) is -1.48. The molecule has 0 fully saturated rings. The second-order valence-electron chi connectivity index (χ2n) is 6.50. The molecule has 1 aliphatic heterocycles. The lowest BCUT2D eigenvalue weighted by atomic mass is 10.0. The molecule has 0 bridgehead atoms. The Morgan fingerprint density at radius 1 is 1.10 bits per heavy atom. The molecular weight excluding hydrogens is 374 g/mol. The molecule has 29 heavy (non-hydrogen) atoms. The highest BCUT2D eigenvalue weighted by Crippen LogP contribution is 2.32. The lowest BCUT2D eigenvalue weighted by Crippen LogP contribution is -2.01. The lowest BCUT2D eigenvalue weighted by molar-refractivity contribution is 0.504. The SMILES string of the molecule is Fc1cccc(-n2cnnc2-c2c[nH]c3c2C=C(c2cccnc2)C=NC3)c1F. The van der Waals surface area contributed by atoms with Crippen LogP contribution in [0, 0.1) is 11.6 Å². The minimum atomic E-state index is -0.954. The van der Waals surface area contributed by atoms with Crippen molar-refractivity contribution in [3.8, 4) is 17.1 Å². The van der Waals surface area contributed by atoms with Crippen LogP contribution in [0.5, 0.6) is 0 Å². The van der Waals surface area contributed by atoms with Crippen molar-refractivity contribution in [2.45, 2.75) is 6.54 Å². The summed E-state index contributed by atoms with van der Waals surface area (Å²) in [6, 6.07) is 7.81. The van der Waals surface area contributed by atoms with Crippen LogP contribution in [0.2, 0.25) is 0 Å². The van der Waals surface area contributed by atoms with E-state index in [9.17, 15) is 8.78 Å². The van der Waals surface area contributed by atoms with E-state index in [-0.39, 0.29) is 5.69 Å². The van der Waals surface area contributed by atoms with E-state index in [0.717, 1.165) is 28.5 Å². The number of rotatable bonds is 3. The summed E-state index contributed by atoms with van der Waals surface area (Å²) >= 11 is 0. The Bertz CT molecular complexity index is 1250. The molecule has 1 aromatic carbocycles. The quantitative estimate of drug-likeness (QED) is 0.575. The molecule has 0 radical (unpaired) electrons. The predicted molar refractivity (Wildman–Crippen MR) is 105 cm³/mol. The van der Waals surface area contributed by atoms with E-state index < -0.39 is 11.6 Å². The molecule has 5 rings (SSSR count). The van der Waals surface area contributed by atoms with Gasteiger partial charge in [0.25, 0.3) is 0 Å². The number of allylic oxidation sites excluding steroid dienone is 1. The molecule has 0 aliphatic carbocycles. The molecule has 4 aromatic rings. The molecule has 1 N–H and O–H groups in total. The molecule has 0 saturated carbocycles. The van der Waals surface area contributed by atoms with E-state index in [1.807, 2.05) is 18.2 Å². The van der Waals surface area contributed by atoms with E-state index in [2.05, 4.69) is 25.2 Å². The summed E-state index contributed by atoms with van der Waals surface area (Å²) in [6.45, 7) is 0.456. The number of aliphatic imine (C=N–C) groups is 1. The number of nitrogens with one attached hydrogen (secondary N) is 1. The number of pyridine rings is 1. The molecule has 8 heteroatoms. The molecular formula is C21H14F2N6. The second-order valence-corrected chi connectivity index (χ2v) is 6.50. The normalized spacial score (nSPS) is 13.1. The van der Waals surface area contributed by atoms with Crippen LogP contribution < -0.4 is 0 Å². The average molecular weight is 388 g/mol. The van der Waals surface area contributed by atoms with Gasteiger partial charge in [-0.15, -0.1) is 10.2 Å². The fourth-order valence-electron chi connectivity index (χ4n) is 3.35. The summed E-state index contributed by atoms with van der Waals surface area (Å²) in [7, 11) is 0. The van der Waals surface area contributed by atoms with Crippen LogP contribution in [-0.4, -0.2) is 30.9 Å². The number of halogens is 2. The molecule has 0 spiro atoms. The molecule has 0 amide bonds. The van der Waals surface area contributed by atoms with Gasteiger partial charge in [-0.05, 0) is 24.3 Å². The first-order valence-electron chi connectivity index (χ1n) is 8.89. The van der Waals surface area contributed by atoms with Gasteiger partial charge < -0.3 is 4.98 Å². The second kappa shape index (κ2) is 6.90. The van der Waals surface area contributed by atoms with Gasteiger partial charge in [-0.1, -0.05) is 12.1 Å². The highest BCUT2D eigenvalue weighted by molar-refractivity contribution is 6.16. The van der Waals surface area contributed by atoms with Crippen LogP contribution in [0.4, 0.5) is 8.78 Å². The summed E-state index contributed by atoms with van der Waals surface area (Å²) in [4.78, 5) is 11.8. The zero-order valence-electron chi connectivity index (χ0n) is 15.0. The maximum atomic E-state index is 14.4. The number of hydrogen-bond acceptors (Lipinski definition) is 4. The van der Waals surface area contributed by atoms with Gasteiger partial charge in [-0.25, -0.2) is 8.78 Å². The summed E-state index contributed by atoms with van der Waals surface area (Å²) in [5, 5.41) is 8.09. The van der Waals surface area contributed by atoms with Crippen LogP contribution >= 0.6 is 0 Å². The molecule has 6 nitrogen and oxygen atoms in total. The minimum Gasteiger partial charge on any atom is -0.362 e. The van der Waals surface area contributed by atoms with Gasteiger partial charge in [0.05, 0.1) is 12.2 Å². The Labute approximate surface area is 164 Å². The third-order valence-corrected chi connectivity index (χ3v) is 4.76. The summed E-state index contributed by atoms with van der Waals surface area (Å²) in [6.07, 6.45) is 10.4. The Balaban J connectivity index is 1.66. The Kier molecular flexibility index (Phi) is 4.09. The van der Waals surface area contributed by atoms with E-state index in [4.69, 9.17) is 0 Å². The van der Waals surface area contributed by atoms with Crippen LogP contribution in [0.1, 0.15) is 16.8 Å². The zero-order chi connectivity index (χ0) is 19.8. The number of H-pyrrole nitrogens is 1. The summed E-state index contributed by atoms with van der Waals surface area (Å²) in [5.41, 5.74) is 4.33. The number of hydrogen-bond donors (Lipinski definition) is 1. The third-order valence-electron chi connectivity index (χ3n) is 4.76. The molecule has 0 atom stereocenters. The van der Waals surface area contributed by atoms with E-state index in [1.165, 1.54) is 23.0 Å². The summed E-state index contributed by atoms with van der Waals surface area (Å²) < 4.78 is 29.6. The topological polar surface area (TPSA) is 71.8 Å². The van der Waals surface area contributed by atoms with Crippen molar-refractivity contribution in [1.29, 1.82) is 0 Å². The van der Waals surface area contributed by atoms with Crippen molar-refractivity contribution in [2.75, 3.05) is 0 Å². The molecule has 1 aliphatic rings. The Morgan fingerprint density at radius 2 is 2.03 bits per heavy atom. The highest BCUT2D eigenvalue weighted by Gasteiger charge is 2.21. The van der Waals surface area contributed by atoms with E-state index in [1.54, 1.807) is 24.8 Å². The third kappa shape index (κ3) is 2.94. The Morgan fingerprint density at radius 3 is 2.90 bits per heavy atom. The van der Waals surface area contributed by atoms with Crippen molar-refractivity contribution >= 4 is 17.9 Å². The van der Waals surface area contributed by atoms with Crippen LogP contribution in [-0.2, 0) is 6.54 Å². The molecule has 3 aromatic heterocycles. The van der Waals surface area contributed by atoms with Gasteiger partial charge in [0, 0.05) is 52.8 Å². The number of aromatic nitrogens is 5. The first-order valence-corrected chi connectivity index (χ1v) is 8.89. The van der Waals surface area contributed by atoms with Crippen molar-refractivity contribution < 1.29 is 8.78 Å². The van der Waals surface area contributed by atoms with Crippen LogP contribution in [0.25, 0.3) is 28.7 Å². The van der Waals surface area contributed by atoms with Gasteiger partial charge in [-0.2, -0.15) is 0 Å². The molecule has 0 saturated heterocycles. The Hall–Kier alpha value is -3.94. The smallest absolute Gasteiger partial charge is 0.182 e. The van der Waals surface area contributed by atoms with Crippen molar-refractivity contribution in [3.05, 3.63) is 83.7 Å². The van der Waals surface area contributed by atoms with Crippen molar-refractivity contribution in [1.82, 2.24) is 24.7 Å². The van der Waals surface area contributed by atoms with Crippen molar-refractivity contribution in [2.24, 2.45) is 4.99 Å². The predicted octanol–water partition coefficient (Wildman–Crippen LogP) is 4.06. The van der Waals surface area contributed by atoms with Gasteiger partial charge in [-0.3, -0.25) is 14.5 Å². The molecule has 0 unspecified atom stereocenters. The largest absolute Gasteiger partial charge is 0.362 e. The van der Waals surface area contributed by atoms with Gasteiger partial charge in [0.15, 0.2) is 17.5 Å². The van der Waals surface area contributed by atoms with E-state index >= 15 is 0 Å². The van der Waals surface area contributed by atoms with Crippen molar-refractivity contribution in [3.63, 3.8) is 0 Å². The zero-order valence-corrected chi connectivity index (χ0v) is 15.0. The van der Waals surface area contributed by atoms with Gasteiger partial charge in [0.1, 0.15) is 6.33 Å². The number of aromatic amines is 1. The molecule has 142 valence electrons. The van der Waals surface area contributed by atoms with Crippen LogP contribution in [0.15, 0.2) is 60.2 Å². The molecule has 4 heterocycles. The average Bonchev–Trinajstić information content (AvgIpc) is 3.31. The fourth-order valence-corrected chi connectivity index (χ4v) is 3.35. The maximum absolute atomic E-state index is 14.4. The lowest BCUT2D eigenvalue weighted by Gasteiger charge is -2.08. The number of fused-ring (bicyclic) bond motifs is 1. The van der Waals surface area contributed by atoms with Gasteiger partial charge in [0.2, 0.25) is 0 Å². The monoisotopic (exact) mass is 388 g/mol. The fraction of sp³-hybridized carbons (Fsp3) is 0.0476. The standard InChI is InChI=1S/C21H14F2N6/c22-17-4-1-5-19(20(17)23)29-12-27-28-21(29)16-10-26-18-11-25-9-14(7-15(16)18)13-3-2-6-24-8-13/h1-10,12,26H,11H2. The first-order chi connectivity index (χ1) is 14.2. The van der Waals surface area contributed by atoms with E-state index in [0.29, 0.717) is 17.9 Å².